The van der Waals surface area contributed by atoms with E-state index >= 15 is 0 Å². The number of halogens is 3. The van der Waals surface area contributed by atoms with Gasteiger partial charge in [-0.2, -0.15) is 18.3 Å². The molecule has 1 fully saturated rings. The van der Waals surface area contributed by atoms with Gasteiger partial charge >= 0.3 is 6.18 Å². The number of carbonyl (C=O) groups excluding carboxylic acids is 2. The van der Waals surface area contributed by atoms with E-state index in [1.807, 2.05) is 48.5 Å². The molecule has 0 aromatic heterocycles. The first-order chi connectivity index (χ1) is 21.7. The van der Waals surface area contributed by atoms with E-state index in [2.05, 4.69) is 4.90 Å². The van der Waals surface area contributed by atoms with E-state index in [4.69, 9.17) is 19.3 Å². The van der Waals surface area contributed by atoms with Crippen molar-refractivity contribution in [3.63, 3.8) is 0 Å². The van der Waals surface area contributed by atoms with Gasteiger partial charge in [0, 0.05) is 43.7 Å². The summed E-state index contributed by atoms with van der Waals surface area (Å²) in [6, 6.07) is 18.3. The zero-order valence-corrected chi connectivity index (χ0v) is 25.1. The molecule has 2 heterocycles. The summed E-state index contributed by atoms with van der Waals surface area (Å²) < 4.78 is 55.9. The molecule has 2 aliphatic heterocycles. The molecule has 2 amide bonds. The number of benzene rings is 3. The molecule has 9 nitrogen and oxygen atoms in total. The van der Waals surface area contributed by atoms with Gasteiger partial charge in [0.2, 0.25) is 0 Å². The Morgan fingerprint density at radius 3 is 2.29 bits per heavy atom. The molecule has 45 heavy (non-hydrogen) atoms. The quantitative estimate of drug-likeness (QED) is 0.320. The third-order valence-corrected chi connectivity index (χ3v) is 7.95. The number of para-hydroxylation sites is 1. The highest BCUT2D eigenvalue weighted by Crippen LogP contribution is 2.38. The number of carbonyl (C=O) groups is 2. The lowest BCUT2D eigenvalue weighted by Gasteiger charge is -2.31. The minimum Gasteiger partial charge on any atom is -0.497 e. The predicted molar refractivity (Wildman–Crippen MR) is 161 cm³/mol. The van der Waals surface area contributed by atoms with E-state index in [1.165, 1.54) is 9.91 Å². The molecule has 1 atom stereocenters. The second-order valence-electron chi connectivity index (χ2n) is 10.7. The second kappa shape index (κ2) is 14.1. The lowest BCUT2D eigenvalue weighted by Crippen LogP contribution is -2.46. The van der Waals surface area contributed by atoms with Crippen molar-refractivity contribution < 1.29 is 37.0 Å². The third kappa shape index (κ3) is 7.63. The minimum absolute atomic E-state index is 0.0582. The van der Waals surface area contributed by atoms with Gasteiger partial charge in [-0.05, 0) is 60.2 Å². The maximum Gasteiger partial charge on any atom is 0.416 e. The Morgan fingerprint density at radius 1 is 0.956 bits per heavy atom. The second-order valence-corrected chi connectivity index (χ2v) is 10.7. The van der Waals surface area contributed by atoms with Crippen LogP contribution in [-0.4, -0.2) is 92.5 Å². The molecular formula is C33H35F3N4O5. The molecule has 1 saturated heterocycles. The first-order valence-corrected chi connectivity index (χ1v) is 14.6. The standard InChI is InChI=1S/C33H35F3N4O5/c1-43-26-13-9-23(10-14-26)28-21-29(27-5-3-4-6-30(27)44-2)40(37-28)31(41)22-39(16-15-38-17-19-45-20-18-38)32(42)24-7-11-25(12-8-24)33(34,35)36/h3-14,29H,15-22H2,1-2H3/t29-/m1/s1. The van der Waals surface area contributed by atoms with Gasteiger partial charge in [0.1, 0.15) is 18.0 Å². The summed E-state index contributed by atoms with van der Waals surface area (Å²) in [5.74, 6) is 0.301. The summed E-state index contributed by atoms with van der Waals surface area (Å²) in [6.07, 6.45) is -4.13. The average Bonchev–Trinajstić information content (AvgIpc) is 3.52. The fourth-order valence-corrected chi connectivity index (χ4v) is 5.44. The smallest absolute Gasteiger partial charge is 0.416 e. The zero-order valence-electron chi connectivity index (χ0n) is 25.1. The highest BCUT2D eigenvalue weighted by atomic mass is 19.4. The lowest BCUT2D eigenvalue weighted by atomic mass is 9.97. The van der Waals surface area contributed by atoms with Crippen molar-refractivity contribution in [2.75, 3.05) is 60.2 Å². The zero-order chi connectivity index (χ0) is 32.0. The summed E-state index contributed by atoms with van der Waals surface area (Å²) in [5.41, 5.74) is 1.45. The summed E-state index contributed by atoms with van der Waals surface area (Å²) >= 11 is 0. The number of hydrogen-bond acceptors (Lipinski definition) is 7. The number of hydrazone groups is 1. The SMILES string of the molecule is COc1ccc(C2=NN(C(=O)CN(CCN3CCOCC3)C(=O)c3ccc(C(F)(F)F)cc3)[C@@H](c3ccccc3OC)C2)cc1. The van der Waals surface area contributed by atoms with Gasteiger partial charge in [-0.1, -0.05) is 18.2 Å². The van der Waals surface area contributed by atoms with Crippen molar-refractivity contribution >= 4 is 17.5 Å². The molecule has 0 spiro atoms. The molecule has 0 radical (unpaired) electrons. The van der Waals surface area contributed by atoms with Gasteiger partial charge in [-0.15, -0.1) is 0 Å². The molecule has 0 aliphatic carbocycles. The fraction of sp³-hybridized carbons (Fsp3) is 0.364. The number of ether oxygens (including phenoxy) is 3. The molecule has 12 heteroatoms. The first kappa shape index (κ1) is 32.0. The van der Waals surface area contributed by atoms with Crippen LogP contribution >= 0.6 is 0 Å². The number of nitrogens with zero attached hydrogens (tertiary/aromatic N) is 4. The van der Waals surface area contributed by atoms with Crippen LogP contribution in [0, 0.1) is 0 Å². The number of rotatable bonds is 10. The molecule has 3 aromatic rings. The molecular weight excluding hydrogens is 589 g/mol. The fourth-order valence-electron chi connectivity index (χ4n) is 5.44. The monoisotopic (exact) mass is 624 g/mol. The lowest BCUT2D eigenvalue weighted by molar-refractivity contribution is -0.137. The van der Waals surface area contributed by atoms with Crippen LogP contribution in [-0.2, 0) is 15.7 Å². The summed E-state index contributed by atoms with van der Waals surface area (Å²) in [5, 5.41) is 6.12. The number of morpholine rings is 1. The maximum absolute atomic E-state index is 14.1. The molecule has 2 aliphatic rings. The van der Waals surface area contributed by atoms with E-state index in [1.54, 1.807) is 14.2 Å². The number of amides is 2. The van der Waals surface area contributed by atoms with Crippen LogP contribution in [0.25, 0.3) is 0 Å². The summed E-state index contributed by atoms with van der Waals surface area (Å²) in [7, 11) is 3.14. The molecule has 0 bridgehead atoms. The Labute approximate surface area is 259 Å². The Balaban J connectivity index is 1.44. The summed E-state index contributed by atoms with van der Waals surface area (Å²) in [6.45, 7) is 2.80. The maximum atomic E-state index is 14.1. The molecule has 238 valence electrons. The number of hydrogen-bond donors (Lipinski definition) is 0. The van der Waals surface area contributed by atoms with Crippen LogP contribution in [0.15, 0.2) is 77.9 Å². The largest absolute Gasteiger partial charge is 0.497 e. The van der Waals surface area contributed by atoms with Gasteiger partial charge in [0.05, 0.1) is 44.8 Å². The topological polar surface area (TPSA) is 83.9 Å². The highest BCUT2D eigenvalue weighted by molar-refractivity contribution is 6.04. The van der Waals surface area contributed by atoms with Gasteiger partial charge in [-0.25, -0.2) is 5.01 Å². The van der Waals surface area contributed by atoms with Crippen molar-refractivity contribution in [2.45, 2.75) is 18.6 Å². The Hall–Kier alpha value is -4.42. The van der Waals surface area contributed by atoms with Gasteiger partial charge in [0.15, 0.2) is 0 Å². The minimum atomic E-state index is -4.53. The third-order valence-electron chi connectivity index (χ3n) is 7.95. The van der Waals surface area contributed by atoms with Crippen molar-refractivity contribution in [2.24, 2.45) is 5.10 Å². The van der Waals surface area contributed by atoms with Gasteiger partial charge in [-0.3, -0.25) is 14.5 Å². The van der Waals surface area contributed by atoms with Crippen molar-refractivity contribution in [1.29, 1.82) is 0 Å². The van der Waals surface area contributed by atoms with Crippen LogP contribution in [0.4, 0.5) is 13.2 Å². The highest BCUT2D eigenvalue weighted by Gasteiger charge is 2.36. The van der Waals surface area contributed by atoms with Gasteiger partial charge in [0.25, 0.3) is 11.8 Å². The van der Waals surface area contributed by atoms with E-state index in [0.717, 1.165) is 35.4 Å². The van der Waals surface area contributed by atoms with E-state index in [9.17, 15) is 22.8 Å². The van der Waals surface area contributed by atoms with Crippen LogP contribution in [0.1, 0.15) is 39.5 Å². The van der Waals surface area contributed by atoms with E-state index in [-0.39, 0.29) is 18.7 Å². The molecule has 3 aromatic carbocycles. The van der Waals surface area contributed by atoms with Crippen molar-refractivity contribution in [1.82, 2.24) is 14.8 Å². The Kier molecular flexibility index (Phi) is 10.0. The van der Waals surface area contributed by atoms with Crippen molar-refractivity contribution in [3.8, 4) is 11.5 Å². The van der Waals surface area contributed by atoms with Crippen molar-refractivity contribution in [3.05, 3.63) is 95.1 Å². The Bertz CT molecular complexity index is 1510. The number of methoxy groups -OCH3 is 2. The Morgan fingerprint density at radius 2 is 1.64 bits per heavy atom. The molecule has 0 saturated carbocycles. The van der Waals surface area contributed by atoms with Crippen LogP contribution in [0.3, 0.4) is 0 Å². The van der Waals surface area contributed by atoms with E-state index in [0.29, 0.717) is 56.5 Å². The molecule has 5 rings (SSSR count). The van der Waals surface area contributed by atoms with Crippen LogP contribution < -0.4 is 9.47 Å². The average molecular weight is 625 g/mol. The van der Waals surface area contributed by atoms with Crippen LogP contribution in [0.2, 0.25) is 0 Å². The molecule has 0 unspecified atom stereocenters. The normalized spacial score (nSPS) is 17.1. The first-order valence-electron chi connectivity index (χ1n) is 14.6. The number of alkyl halides is 3. The molecule has 0 N–H and O–H groups in total. The van der Waals surface area contributed by atoms with Gasteiger partial charge < -0.3 is 19.1 Å². The summed E-state index contributed by atoms with van der Waals surface area (Å²) in [4.78, 5) is 31.3. The predicted octanol–water partition coefficient (Wildman–Crippen LogP) is 4.87. The van der Waals surface area contributed by atoms with Crippen LogP contribution in [0.5, 0.6) is 11.5 Å². The van der Waals surface area contributed by atoms with E-state index < -0.39 is 29.6 Å².